The van der Waals surface area contributed by atoms with Crippen LogP contribution in [0.3, 0.4) is 0 Å². The maximum absolute atomic E-state index is 11.9. The summed E-state index contributed by atoms with van der Waals surface area (Å²) >= 11 is 0. The minimum Gasteiger partial charge on any atom is -0.508 e. The molecule has 4 rings (SSSR count). The second-order valence-electron chi connectivity index (χ2n) is 9.10. The van der Waals surface area contributed by atoms with Crippen molar-refractivity contribution in [3.8, 4) is 46.0 Å². The van der Waals surface area contributed by atoms with Gasteiger partial charge in [0.2, 0.25) is 0 Å². The van der Waals surface area contributed by atoms with Gasteiger partial charge < -0.3 is 50.7 Å². The van der Waals surface area contributed by atoms with Crippen molar-refractivity contribution in [3.63, 3.8) is 0 Å². The molecular formula is C31H32N2NaO10. The van der Waals surface area contributed by atoms with Crippen LogP contribution in [0.15, 0.2) is 72.8 Å². The van der Waals surface area contributed by atoms with E-state index < -0.39 is 11.8 Å². The Hall–Kier alpha value is -4.78. The van der Waals surface area contributed by atoms with Crippen LogP contribution in [0.25, 0.3) is 0 Å². The first-order valence-corrected chi connectivity index (χ1v) is 12.8. The number of phenols is 6. The molecule has 4 aromatic carbocycles. The summed E-state index contributed by atoms with van der Waals surface area (Å²) in [5.74, 6) is -0.928. The van der Waals surface area contributed by atoms with E-state index in [1.165, 1.54) is 50.6 Å². The van der Waals surface area contributed by atoms with E-state index >= 15 is 0 Å². The van der Waals surface area contributed by atoms with Gasteiger partial charge in [-0.2, -0.15) is 0 Å². The van der Waals surface area contributed by atoms with E-state index in [-0.39, 0.29) is 81.7 Å². The van der Waals surface area contributed by atoms with Crippen LogP contribution in [-0.2, 0) is 13.0 Å². The first-order valence-electron chi connectivity index (χ1n) is 12.8. The van der Waals surface area contributed by atoms with Crippen LogP contribution in [0.4, 0.5) is 0 Å². The molecule has 0 aliphatic carbocycles. The monoisotopic (exact) mass is 615 g/mol. The van der Waals surface area contributed by atoms with Gasteiger partial charge in [-0.15, -0.1) is 0 Å². The molecule has 2 amide bonds. The summed E-state index contributed by atoms with van der Waals surface area (Å²) in [7, 11) is 2.90. The standard InChI is InChI=1S/C16H17NO5.C15H15NO5.Na/c1-22-15-8-10(2-5-13(15)19)6-7-17-16(21)12-4-3-11(18)9-14(12)20;1-21-14-6-9(2-5-12(14)18)8-16-15(20)11-4-3-10(17)7-13(11)19;/h2-5,8-9,18-20H,6-7H2,1H3,(H,17,21);2-7,17-19H,8H2,1H3,(H,16,20);. The number of hydrogen-bond acceptors (Lipinski definition) is 10. The van der Waals surface area contributed by atoms with E-state index in [2.05, 4.69) is 10.6 Å². The topological polar surface area (TPSA) is 198 Å². The van der Waals surface area contributed by atoms with E-state index in [9.17, 15) is 40.2 Å². The van der Waals surface area contributed by atoms with Crippen LogP contribution in [0.5, 0.6) is 46.0 Å². The molecule has 0 atom stereocenters. The van der Waals surface area contributed by atoms with Crippen LogP contribution in [0, 0.1) is 0 Å². The molecule has 12 nitrogen and oxygen atoms in total. The molecule has 1 radical (unpaired) electrons. The number of carbonyl (C=O) groups is 2. The zero-order valence-electron chi connectivity index (χ0n) is 24.4. The van der Waals surface area contributed by atoms with Crippen molar-refractivity contribution in [2.24, 2.45) is 0 Å². The number of rotatable bonds is 9. The Morgan fingerprint density at radius 1 is 0.591 bits per heavy atom. The number of methoxy groups -OCH3 is 2. The number of aromatic hydroxyl groups is 6. The molecule has 0 aliphatic heterocycles. The zero-order valence-corrected chi connectivity index (χ0v) is 26.4. The number of phenolic OH excluding ortho intramolecular Hbond substituents is 6. The summed E-state index contributed by atoms with van der Waals surface area (Å²) < 4.78 is 9.99. The average Bonchev–Trinajstić information content (AvgIpc) is 2.97. The Morgan fingerprint density at radius 3 is 1.52 bits per heavy atom. The van der Waals surface area contributed by atoms with E-state index in [1.807, 2.05) is 0 Å². The van der Waals surface area contributed by atoms with Gasteiger partial charge in [-0.3, -0.25) is 9.59 Å². The number of carbonyl (C=O) groups excluding carboxylic acids is 2. The van der Waals surface area contributed by atoms with Crippen LogP contribution in [-0.4, -0.2) is 92.8 Å². The van der Waals surface area contributed by atoms with E-state index in [4.69, 9.17) is 9.47 Å². The van der Waals surface area contributed by atoms with Gasteiger partial charge in [0.25, 0.3) is 11.8 Å². The predicted octanol–water partition coefficient (Wildman–Crippen LogP) is 3.15. The Balaban J connectivity index is 0.000000300. The molecule has 0 fully saturated rings. The maximum atomic E-state index is 11.9. The molecule has 0 bridgehead atoms. The molecule has 13 heteroatoms. The summed E-state index contributed by atoms with van der Waals surface area (Å²) in [5.41, 5.74) is 1.79. The third kappa shape index (κ3) is 9.90. The number of nitrogens with one attached hydrogen (secondary N) is 2. The smallest absolute Gasteiger partial charge is 0.255 e. The quantitative estimate of drug-likeness (QED) is 0.129. The number of benzene rings is 4. The summed E-state index contributed by atoms with van der Waals surface area (Å²) in [4.78, 5) is 23.9. The molecule has 0 saturated carbocycles. The fourth-order valence-corrected chi connectivity index (χ4v) is 3.83. The van der Waals surface area contributed by atoms with Gasteiger partial charge in [-0.05, 0) is 66.1 Å². The van der Waals surface area contributed by atoms with Gasteiger partial charge in [0.1, 0.15) is 23.0 Å². The molecule has 8 N–H and O–H groups in total. The molecule has 0 unspecified atom stereocenters. The Morgan fingerprint density at radius 2 is 1.05 bits per heavy atom. The van der Waals surface area contributed by atoms with Crippen molar-refractivity contribution in [1.82, 2.24) is 10.6 Å². The SMILES string of the molecule is COc1cc(CCNC(=O)c2ccc(O)cc2O)ccc1O.COc1cc(CNC(=O)c2ccc(O)cc2O)ccc1O.[Na]. The molecule has 0 saturated heterocycles. The van der Waals surface area contributed by atoms with Gasteiger partial charge in [-0.1, -0.05) is 12.1 Å². The second kappa shape index (κ2) is 16.8. The summed E-state index contributed by atoms with van der Waals surface area (Å²) in [5, 5.41) is 61.9. The van der Waals surface area contributed by atoms with Gasteiger partial charge >= 0.3 is 0 Å². The van der Waals surface area contributed by atoms with E-state index in [0.717, 1.165) is 23.3 Å². The molecule has 0 aromatic heterocycles. The van der Waals surface area contributed by atoms with Crippen LogP contribution < -0.4 is 20.1 Å². The van der Waals surface area contributed by atoms with Crippen molar-refractivity contribution in [1.29, 1.82) is 0 Å². The zero-order chi connectivity index (χ0) is 31.5. The van der Waals surface area contributed by atoms with Crippen molar-refractivity contribution < 1.29 is 49.7 Å². The summed E-state index contributed by atoms with van der Waals surface area (Å²) in [6, 6.07) is 17.2. The predicted molar refractivity (Wildman–Crippen MR) is 162 cm³/mol. The van der Waals surface area contributed by atoms with Crippen molar-refractivity contribution >= 4 is 41.4 Å². The van der Waals surface area contributed by atoms with E-state index in [1.54, 1.807) is 24.3 Å². The van der Waals surface area contributed by atoms with Crippen LogP contribution >= 0.6 is 0 Å². The number of ether oxygens (including phenoxy) is 2. The first kappa shape index (κ1) is 35.4. The minimum absolute atomic E-state index is 0. The Labute approximate surface area is 275 Å². The van der Waals surface area contributed by atoms with Crippen molar-refractivity contribution in [3.05, 3.63) is 95.1 Å². The fraction of sp³-hybridized carbons (Fsp3) is 0.161. The van der Waals surface area contributed by atoms with E-state index in [0.29, 0.717) is 24.5 Å². The maximum Gasteiger partial charge on any atom is 0.255 e. The molecule has 44 heavy (non-hydrogen) atoms. The van der Waals surface area contributed by atoms with Gasteiger partial charge in [-0.25, -0.2) is 0 Å². The van der Waals surface area contributed by atoms with Gasteiger partial charge in [0.15, 0.2) is 23.0 Å². The normalized spacial score (nSPS) is 9.95. The second-order valence-corrected chi connectivity index (χ2v) is 9.10. The van der Waals surface area contributed by atoms with Crippen molar-refractivity contribution in [2.45, 2.75) is 13.0 Å². The minimum atomic E-state index is -0.473. The number of amides is 2. The summed E-state index contributed by atoms with van der Waals surface area (Å²) in [6.07, 6.45) is 0.543. The van der Waals surface area contributed by atoms with Gasteiger partial charge in [0, 0.05) is 54.8 Å². The molecule has 0 aliphatic rings. The van der Waals surface area contributed by atoms with Crippen molar-refractivity contribution in [2.75, 3.05) is 20.8 Å². The van der Waals surface area contributed by atoms with Crippen LogP contribution in [0.1, 0.15) is 31.8 Å². The summed E-state index contributed by atoms with van der Waals surface area (Å²) in [6.45, 7) is 0.558. The Bertz CT molecular complexity index is 1600. The molecule has 4 aromatic rings. The number of hydrogen-bond donors (Lipinski definition) is 8. The molecule has 0 spiro atoms. The van der Waals surface area contributed by atoms with Gasteiger partial charge in [0.05, 0.1) is 25.3 Å². The fourth-order valence-electron chi connectivity index (χ4n) is 3.83. The average molecular weight is 616 g/mol. The third-order valence-electron chi connectivity index (χ3n) is 6.09. The molecule has 227 valence electrons. The first-order chi connectivity index (χ1) is 20.5. The Kier molecular flexibility index (Phi) is 13.5. The molecular weight excluding hydrogens is 583 g/mol. The largest absolute Gasteiger partial charge is 0.508 e. The third-order valence-corrected chi connectivity index (χ3v) is 6.09. The molecule has 0 heterocycles. The van der Waals surface area contributed by atoms with Crippen LogP contribution in [0.2, 0.25) is 0 Å².